The first-order chi connectivity index (χ1) is 10.2. The number of carbonyl (C=O) groups is 1. The summed E-state index contributed by atoms with van der Waals surface area (Å²) < 4.78 is 0. The number of nitrogens with one attached hydrogen (secondary N) is 1. The van der Waals surface area contributed by atoms with Crippen LogP contribution in [-0.2, 0) is 11.2 Å². The topological polar surface area (TPSA) is 72.8 Å². The average molecular weight is 292 g/mol. The summed E-state index contributed by atoms with van der Waals surface area (Å²) in [4.78, 5) is 13.9. The molecule has 0 saturated carbocycles. The fourth-order valence-electron chi connectivity index (χ4n) is 3.06. The molecular formula is C16H24N2O3. The van der Waals surface area contributed by atoms with Crippen LogP contribution >= 0.6 is 0 Å². The Hall–Kier alpha value is -1.43. The molecule has 2 rings (SSSR count). The van der Waals surface area contributed by atoms with Crippen molar-refractivity contribution in [3.8, 4) is 0 Å². The molecule has 0 radical (unpaired) electrons. The van der Waals surface area contributed by atoms with Crippen LogP contribution in [0.4, 0.5) is 0 Å². The van der Waals surface area contributed by atoms with Gasteiger partial charge in [-0.05, 0) is 31.4 Å². The number of rotatable bonds is 6. The van der Waals surface area contributed by atoms with Crippen LogP contribution in [0.2, 0.25) is 0 Å². The third-order valence-corrected chi connectivity index (χ3v) is 4.20. The van der Waals surface area contributed by atoms with E-state index >= 15 is 0 Å². The SMILES string of the molecule is CNC(=O)[C@H]1C[C@H](O)[C@@H](CO)N1CCCc1ccccc1. The summed E-state index contributed by atoms with van der Waals surface area (Å²) in [5, 5.41) is 22.1. The number of likely N-dealkylation sites (tertiary alicyclic amines) is 1. The molecule has 1 aliphatic heterocycles. The molecule has 1 aromatic carbocycles. The monoisotopic (exact) mass is 292 g/mol. The molecule has 1 heterocycles. The zero-order valence-electron chi connectivity index (χ0n) is 12.4. The first-order valence-corrected chi connectivity index (χ1v) is 7.47. The number of aryl methyl sites for hydroxylation is 1. The molecule has 5 nitrogen and oxygen atoms in total. The van der Waals surface area contributed by atoms with Crippen molar-refractivity contribution in [3.05, 3.63) is 35.9 Å². The van der Waals surface area contributed by atoms with E-state index in [1.54, 1.807) is 7.05 Å². The highest BCUT2D eigenvalue weighted by atomic mass is 16.3. The largest absolute Gasteiger partial charge is 0.395 e. The third-order valence-electron chi connectivity index (χ3n) is 4.20. The lowest BCUT2D eigenvalue weighted by atomic mass is 10.1. The van der Waals surface area contributed by atoms with Gasteiger partial charge in [0.25, 0.3) is 0 Å². The molecule has 3 atom stereocenters. The van der Waals surface area contributed by atoms with Gasteiger partial charge in [0, 0.05) is 7.05 Å². The van der Waals surface area contributed by atoms with Crippen molar-refractivity contribution in [2.45, 2.75) is 37.5 Å². The Morgan fingerprint density at radius 2 is 2.10 bits per heavy atom. The Morgan fingerprint density at radius 1 is 1.38 bits per heavy atom. The van der Waals surface area contributed by atoms with E-state index in [0.29, 0.717) is 13.0 Å². The van der Waals surface area contributed by atoms with Crippen LogP contribution in [0.25, 0.3) is 0 Å². The van der Waals surface area contributed by atoms with Crippen molar-refractivity contribution >= 4 is 5.91 Å². The van der Waals surface area contributed by atoms with Crippen molar-refractivity contribution < 1.29 is 15.0 Å². The van der Waals surface area contributed by atoms with E-state index in [2.05, 4.69) is 17.4 Å². The highest BCUT2D eigenvalue weighted by Gasteiger charge is 2.42. The van der Waals surface area contributed by atoms with Crippen molar-refractivity contribution in [1.82, 2.24) is 10.2 Å². The molecule has 0 bridgehead atoms. The number of amides is 1. The van der Waals surface area contributed by atoms with Gasteiger partial charge in [0.15, 0.2) is 0 Å². The van der Waals surface area contributed by atoms with E-state index in [9.17, 15) is 15.0 Å². The van der Waals surface area contributed by atoms with E-state index in [-0.39, 0.29) is 24.6 Å². The van der Waals surface area contributed by atoms with Gasteiger partial charge in [0.2, 0.25) is 5.91 Å². The Balaban J connectivity index is 1.95. The van der Waals surface area contributed by atoms with E-state index in [1.807, 2.05) is 23.1 Å². The molecule has 21 heavy (non-hydrogen) atoms. The maximum absolute atomic E-state index is 11.9. The van der Waals surface area contributed by atoms with E-state index < -0.39 is 6.10 Å². The van der Waals surface area contributed by atoms with Crippen molar-refractivity contribution in [1.29, 1.82) is 0 Å². The predicted octanol–water partition coefficient (Wildman–Crippen LogP) is 0.161. The molecule has 1 aliphatic rings. The second kappa shape index (κ2) is 7.54. The number of aliphatic hydroxyl groups is 2. The van der Waals surface area contributed by atoms with Crippen LogP contribution in [-0.4, -0.2) is 59.4 Å². The molecule has 5 heteroatoms. The van der Waals surface area contributed by atoms with Crippen LogP contribution in [0.5, 0.6) is 0 Å². The summed E-state index contributed by atoms with van der Waals surface area (Å²) in [5.74, 6) is -0.0929. The molecule has 0 spiro atoms. The van der Waals surface area contributed by atoms with Gasteiger partial charge in [-0.3, -0.25) is 9.69 Å². The molecule has 1 aromatic rings. The number of aliphatic hydroxyl groups excluding tert-OH is 2. The summed E-state index contributed by atoms with van der Waals surface area (Å²) in [7, 11) is 1.60. The van der Waals surface area contributed by atoms with Crippen molar-refractivity contribution in [3.63, 3.8) is 0 Å². The van der Waals surface area contributed by atoms with Gasteiger partial charge < -0.3 is 15.5 Å². The second-order valence-electron chi connectivity index (χ2n) is 5.51. The molecule has 1 fully saturated rings. The van der Waals surface area contributed by atoms with Crippen LogP contribution in [0, 0.1) is 0 Å². The number of benzene rings is 1. The Morgan fingerprint density at radius 3 is 2.71 bits per heavy atom. The lowest BCUT2D eigenvalue weighted by Crippen LogP contribution is -2.47. The van der Waals surface area contributed by atoms with Crippen LogP contribution < -0.4 is 5.32 Å². The zero-order valence-corrected chi connectivity index (χ0v) is 12.4. The molecule has 1 saturated heterocycles. The number of carbonyl (C=O) groups excluding carboxylic acids is 1. The Labute approximate surface area is 125 Å². The summed E-state index contributed by atoms with van der Waals surface area (Å²) in [6.07, 6.45) is 1.55. The second-order valence-corrected chi connectivity index (χ2v) is 5.51. The zero-order chi connectivity index (χ0) is 15.2. The Bertz CT molecular complexity index is 452. The molecule has 0 aromatic heterocycles. The quantitative estimate of drug-likeness (QED) is 0.698. The average Bonchev–Trinajstić information content (AvgIpc) is 2.83. The highest BCUT2D eigenvalue weighted by molar-refractivity contribution is 5.82. The lowest BCUT2D eigenvalue weighted by molar-refractivity contribution is -0.125. The highest BCUT2D eigenvalue weighted by Crippen LogP contribution is 2.25. The maximum atomic E-state index is 11.9. The third kappa shape index (κ3) is 3.81. The van der Waals surface area contributed by atoms with E-state index in [0.717, 1.165) is 12.8 Å². The fraction of sp³-hybridized carbons (Fsp3) is 0.562. The van der Waals surface area contributed by atoms with Gasteiger partial charge in [0.05, 0.1) is 24.8 Å². The Kier molecular flexibility index (Phi) is 5.73. The number of likely N-dealkylation sites (N-methyl/N-ethyl adjacent to an activating group) is 1. The predicted molar refractivity (Wildman–Crippen MR) is 80.8 cm³/mol. The van der Waals surface area contributed by atoms with E-state index in [1.165, 1.54) is 5.56 Å². The van der Waals surface area contributed by atoms with Gasteiger partial charge in [-0.15, -0.1) is 0 Å². The maximum Gasteiger partial charge on any atom is 0.237 e. The van der Waals surface area contributed by atoms with Crippen molar-refractivity contribution in [2.24, 2.45) is 0 Å². The molecule has 0 unspecified atom stereocenters. The fourth-order valence-corrected chi connectivity index (χ4v) is 3.06. The van der Waals surface area contributed by atoms with E-state index in [4.69, 9.17) is 0 Å². The van der Waals surface area contributed by atoms with Gasteiger partial charge in [-0.25, -0.2) is 0 Å². The van der Waals surface area contributed by atoms with Crippen molar-refractivity contribution in [2.75, 3.05) is 20.2 Å². The molecule has 0 aliphatic carbocycles. The van der Waals surface area contributed by atoms with Gasteiger partial charge >= 0.3 is 0 Å². The minimum atomic E-state index is -0.644. The standard InChI is InChI=1S/C16H24N2O3/c1-17-16(21)13-10-15(20)14(11-19)18(13)9-5-8-12-6-3-2-4-7-12/h2-4,6-7,13-15,19-20H,5,8-11H2,1H3,(H,17,21)/t13-,14-,15+/m1/s1. The number of hydrogen-bond donors (Lipinski definition) is 3. The summed E-state index contributed by atoms with van der Waals surface area (Å²) in [6, 6.07) is 9.49. The van der Waals surface area contributed by atoms with Crippen LogP contribution in [0.3, 0.4) is 0 Å². The number of hydrogen-bond acceptors (Lipinski definition) is 4. The molecule has 116 valence electrons. The van der Waals surface area contributed by atoms with Gasteiger partial charge in [-0.1, -0.05) is 30.3 Å². The van der Waals surface area contributed by atoms with Crippen LogP contribution in [0.1, 0.15) is 18.4 Å². The summed E-state index contributed by atoms with van der Waals surface area (Å²) in [6.45, 7) is 0.565. The minimum absolute atomic E-state index is 0.0929. The van der Waals surface area contributed by atoms with Gasteiger partial charge in [0.1, 0.15) is 0 Å². The molecule has 3 N–H and O–H groups in total. The summed E-state index contributed by atoms with van der Waals surface area (Å²) in [5.41, 5.74) is 1.26. The van der Waals surface area contributed by atoms with Crippen LogP contribution in [0.15, 0.2) is 30.3 Å². The smallest absolute Gasteiger partial charge is 0.237 e. The first kappa shape index (κ1) is 15.9. The summed E-state index contributed by atoms with van der Waals surface area (Å²) >= 11 is 0. The normalized spacial score (nSPS) is 26.0. The number of nitrogens with zero attached hydrogens (tertiary/aromatic N) is 1. The minimum Gasteiger partial charge on any atom is -0.395 e. The van der Waals surface area contributed by atoms with Gasteiger partial charge in [-0.2, -0.15) is 0 Å². The lowest BCUT2D eigenvalue weighted by Gasteiger charge is -2.28. The first-order valence-electron chi connectivity index (χ1n) is 7.47. The molecular weight excluding hydrogens is 268 g/mol. The molecule has 1 amide bonds.